The summed E-state index contributed by atoms with van der Waals surface area (Å²) in [6.45, 7) is 7.04. The third-order valence-electron chi connectivity index (χ3n) is 2.55. The SMILES string of the molecule is CC(C)(C)OC(=O)NC(=NC=O)N1CC=C(CCN)C1. The highest BCUT2D eigenvalue weighted by Gasteiger charge is 2.22. The largest absolute Gasteiger partial charge is 0.444 e. The van der Waals surface area contributed by atoms with E-state index in [1.807, 2.05) is 6.08 Å². The van der Waals surface area contributed by atoms with Crippen LogP contribution >= 0.6 is 0 Å². The monoisotopic (exact) mass is 282 g/mol. The van der Waals surface area contributed by atoms with E-state index in [0.29, 0.717) is 26.0 Å². The molecule has 0 aromatic heterocycles. The first-order valence-corrected chi connectivity index (χ1v) is 6.50. The highest BCUT2D eigenvalue weighted by molar-refractivity contribution is 5.97. The lowest BCUT2D eigenvalue weighted by atomic mass is 10.2. The quantitative estimate of drug-likeness (QED) is 0.342. The summed E-state index contributed by atoms with van der Waals surface area (Å²) in [6, 6.07) is 0. The number of guanidine groups is 1. The molecule has 2 amide bonds. The smallest absolute Gasteiger partial charge is 0.414 e. The van der Waals surface area contributed by atoms with Gasteiger partial charge in [0.15, 0.2) is 0 Å². The van der Waals surface area contributed by atoms with E-state index in [4.69, 9.17) is 10.5 Å². The van der Waals surface area contributed by atoms with Crippen molar-refractivity contribution >= 4 is 18.5 Å². The Labute approximate surface area is 118 Å². The van der Waals surface area contributed by atoms with Gasteiger partial charge in [-0.05, 0) is 33.7 Å². The maximum absolute atomic E-state index is 11.7. The fraction of sp³-hybridized carbons (Fsp3) is 0.615. The lowest BCUT2D eigenvalue weighted by Crippen LogP contribution is -2.45. The van der Waals surface area contributed by atoms with Crippen LogP contribution < -0.4 is 11.1 Å². The molecule has 0 aromatic rings. The van der Waals surface area contributed by atoms with Gasteiger partial charge in [0.1, 0.15) is 5.60 Å². The van der Waals surface area contributed by atoms with E-state index in [0.717, 1.165) is 12.0 Å². The Hall–Kier alpha value is -1.89. The van der Waals surface area contributed by atoms with Crippen molar-refractivity contribution in [2.45, 2.75) is 32.8 Å². The minimum absolute atomic E-state index is 0.192. The predicted octanol–water partition coefficient (Wildman–Crippen LogP) is 0.614. The minimum atomic E-state index is -0.634. The predicted molar refractivity (Wildman–Crippen MR) is 76.2 cm³/mol. The fourth-order valence-electron chi connectivity index (χ4n) is 1.78. The van der Waals surface area contributed by atoms with Crippen molar-refractivity contribution in [2.24, 2.45) is 10.7 Å². The Balaban J connectivity index is 2.61. The van der Waals surface area contributed by atoms with Crippen molar-refractivity contribution in [3.63, 3.8) is 0 Å². The second kappa shape index (κ2) is 7.04. The van der Waals surface area contributed by atoms with Crippen molar-refractivity contribution in [2.75, 3.05) is 19.6 Å². The zero-order valence-electron chi connectivity index (χ0n) is 12.2. The maximum atomic E-state index is 11.7. The fourth-order valence-corrected chi connectivity index (χ4v) is 1.78. The Morgan fingerprint density at radius 3 is 2.85 bits per heavy atom. The number of ether oxygens (including phenoxy) is 1. The average molecular weight is 282 g/mol. The van der Waals surface area contributed by atoms with Crippen LogP contribution in [0, 0.1) is 0 Å². The summed E-state index contributed by atoms with van der Waals surface area (Å²) in [5.74, 6) is 0.192. The number of carbonyl (C=O) groups excluding carboxylic acids is 2. The number of nitrogens with two attached hydrogens (primary N) is 1. The highest BCUT2D eigenvalue weighted by Crippen LogP contribution is 2.12. The Bertz CT molecular complexity index is 424. The topological polar surface area (TPSA) is 97.0 Å². The summed E-state index contributed by atoms with van der Waals surface area (Å²) in [5.41, 5.74) is 6.06. The van der Waals surface area contributed by atoms with E-state index in [1.54, 1.807) is 25.7 Å². The van der Waals surface area contributed by atoms with E-state index in [1.165, 1.54) is 0 Å². The van der Waals surface area contributed by atoms with Crippen LogP contribution in [0.25, 0.3) is 0 Å². The zero-order chi connectivity index (χ0) is 15.2. The molecular weight excluding hydrogens is 260 g/mol. The average Bonchev–Trinajstić information content (AvgIpc) is 2.75. The lowest BCUT2D eigenvalue weighted by Gasteiger charge is -2.23. The molecule has 1 aliphatic rings. The summed E-state index contributed by atoms with van der Waals surface area (Å²) in [4.78, 5) is 27.8. The van der Waals surface area contributed by atoms with Crippen LogP contribution in [-0.4, -0.2) is 48.6 Å². The van der Waals surface area contributed by atoms with Gasteiger partial charge in [0.2, 0.25) is 12.4 Å². The van der Waals surface area contributed by atoms with Crippen LogP contribution in [0.3, 0.4) is 0 Å². The molecule has 0 aliphatic carbocycles. The molecule has 0 saturated heterocycles. The number of amides is 2. The summed E-state index contributed by atoms with van der Waals surface area (Å²) in [5, 5.41) is 2.50. The molecule has 3 N–H and O–H groups in total. The third-order valence-corrected chi connectivity index (χ3v) is 2.55. The van der Waals surface area contributed by atoms with Gasteiger partial charge in [0, 0.05) is 13.1 Å². The van der Waals surface area contributed by atoms with Crippen molar-refractivity contribution in [3.05, 3.63) is 11.6 Å². The molecule has 1 heterocycles. The van der Waals surface area contributed by atoms with Crippen molar-refractivity contribution < 1.29 is 14.3 Å². The molecule has 0 atom stereocenters. The second-order valence-corrected chi connectivity index (χ2v) is 5.47. The molecule has 0 unspecified atom stereocenters. The van der Waals surface area contributed by atoms with Crippen molar-refractivity contribution in [1.82, 2.24) is 10.2 Å². The zero-order valence-corrected chi connectivity index (χ0v) is 12.2. The van der Waals surface area contributed by atoms with Gasteiger partial charge >= 0.3 is 6.09 Å². The normalized spacial score (nSPS) is 15.9. The van der Waals surface area contributed by atoms with Gasteiger partial charge in [-0.25, -0.2) is 4.79 Å². The van der Waals surface area contributed by atoms with Gasteiger partial charge in [-0.2, -0.15) is 4.99 Å². The molecule has 7 heteroatoms. The summed E-state index contributed by atoms with van der Waals surface area (Å²) >= 11 is 0. The molecular formula is C13H22N4O3. The summed E-state index contributed by atoms with van der Waals surface area (Å²) < 4.78 is 5.14. The molecule has 0 spiro atoms. The number of hydrogen-bond acceptors (Lipinski definition) is 4. The second-order valence-electron chi connectivity index (χ2n) is 5.47. The van der Waals surface area contributed by atoms with Gasteiger partial charge < -0.3 is 15.4 Å². The van der Waals surface area contributed by atoms with E-state index in [-0.39, 0.29) is 5.96 Å². The molecule has 0 aromatic carbocycles. The van der Waals surface area contributed by atoms with Crippen molar-refractivity contribution in [3.8, 4) is 0 Å². The van der Waals surface area contributed by atoms with Gasteiger partial charge in [-0.15, -0.1) is 0 Å². The Morgan fingerprint density at radius 1 is 1.60 bits per heavy atom. The lowest BCUT2D eigenvalue weighted by molar-refractivity contribution is -0.106. The molecule has 1 rings (SSSR count). The molecule has 112 valence electrons. The molecule has 0 fully saturated rings. The molecule has 1 aliphatic heterocycles. The number of nitrogens with one attached hydrogen (secondary N) is 1. The Kier molecular flexibility index (Phi) is 5.69. The van der Waals surface area contributed by atoms with Crippen LogP contribution in [0.15, 0.2) is 16.6 Å². The molecule has 0 bridgehead atoms. The van der Waals surface area contributed by atoms with Crippen molar-refractivity contribution in [1.29, 1.82) is 0 Å². The molecule has 7 nitrogen and oxygen atoms in total. The van der Waals surface area contributed by atoms with Gasteiger partial charge in [-0.1, -0.05) is 11.6 Å². The minimum Gasteiger partial charge on any atom is -0.444 e. The number of carbonyl (C=O) groups is 2. The first-order chi connectivity index (χ1) is 9.35. The summed E-state index contributed by atoms with van der Waals surface area (Å²) in [6.07, 6.45) is 2.57. The molecule has 0 radical (unpaired) electrons. The third kappa shape index (κ3) is 5.40. The highest BCUT2D eigenvalue weighted by atomic mass is 16.6. The van der Waals surface area contributed by atoms with Gasteiger partial charge in [0.25, 0.3) is 0 Å². The molecule has 20 heavy (non-hydrogen) atoms. The number of alkyl carbamates (subject to hydrolysis) is 1. The van der Waals surface area contributed by atoms with Gasteiger partial charge in [-0.3, -0.25) is 10.1 Å². The van der Waals surface area contributed by atoms with Crippen LogP contribution in [0.2, 0.25) is 0 Å². The number of aliphatic imine (C=N–C) groups is 1. The summed E-state index contributed by atoms with van der Waals surface area (Å²) in [7, 11) is 0. The van der Waals surface area contributed by atoms with E-state index < -0.39 is 11.7 Å². The maximum Gasteiger partial charge on any atom is 0.414 e. The standard InChI is InChI=1S/C13H22N4O3/c1-13(2,3)20-12(19)16-11(15-9-18)17-7-5-10(8-17)4-6-14/h5,9H,4,6-8,14H2,1-3H3,(H,15,16,18,19). The van der Waals surface area contributed by atoms with Crippen LogP contribution in [0.1, 0.15) is 27.2 Å². The number of nitrogens with zero attached hydrogens (tertiary/aromatic N) is 2. The first-order valence-electron chi connectivity index (χ1n) is 6.50. The van der Waals surface area contributed by atoms with Crippen LogP contribution in [0.5, 0.6) is 0 Å². The van der Waals surface area contributed by atoms with Crippen LogP contribution in [-0.2, 0) is 9.53 Å². The van der Waals surface area contributed by atoms with E-state index in [9.17, 15) is 9.59 Å². The Morgan fingerprint density at radius 2 is 2.30 bits per heavy atom. The first kappa shape index (κ1) is 16.2. The van der Waals surface area contributed by atoms with E-state index in [2.05, 4.69) is 10.3 Å². The molecule has 0 saturated carbocycles. The number of rotatable bonds is 3. The van der Waals surface area contributed by atoms with E-state index >= 15 is 0 Å². The van der Waals surface area contributed by atoms with Gasteiger partial charge in [0.05, 0.1) is 0 Å². The number of hydrogen-bond donors (Lipinski definition) is 2. The van der Waals surface area contributed by atoms with Crippen LogP contribution in [0.4, 0.5) is 4.79 Å².